The molecule has 1 aliphatic carbocycles. The largest absolute Gasteiger partial charge is 0.292 e. The topological polar surface area (TPSA) is 74.8 Å². The molecule has 0 N–H and O–H groups in total. The van der Waals surface area contributed by atoms with E-state index < -0.39 is 36.1 Å². The van der Waals surface area contributed by atoms with E-state index in [1.165, 1.54) is 18.2 Å². The second kappa shape index (κ2) is 8.81. The first-order chi connectivity index (χ1) is 14.9. The molecule has 2 aromatic rings. The van der Waals surface area contributed by atoms with Gasteiger partial charge < -0.3 is 0 Å². The second-order valence-electron chi connectivity index (χ2n) is 7.77. The molecule has 1 saturated heterocycles. The third-order valence-corrected chi connectivity index (χ3v) is 6.59. The molecule has 2 fully saturated rings. The predicted octanol–water partition coefficient (Wildman–Crippen LogP) is 4.41. The van der Waals surface area contributed by atoms with Gasteiger partial charge in [0.25, 0.3) is 17.7 Å². The van der Waals surface area contributed by atoms with Gasteiger partial charge in [-0.25, -0.2) is 5.01 Å². The van der Waals surface area contributed by atoms with E-state index in [0.29, 0.717) is 18.4 Å². The van der Waals surface area contributed by atoms with E-state index in [1.807, 2.05) is 0 Å². The van der Waals surface area contributed by atoms with Crippen LogP contribution in [0, 0.1) is 11.8 Å². The van der Waals surface area contributed by atoms with Gasteiger partial charge in [0.15, 0.2) is 5.78 Å². The molecule has 160 valence electrons. The summed E-state index contributed by atoms with van der Waals surface area (Å²) < 4.78 is 0. The highest BCUT2D eigenvalue weighted by Gasteiger charge is 2.51. The summed E-state index contributed by atoms with van der Waals surface area (Å²) in [5.41, 5.74) is 0.511. The molecule has 1 saturated carbocycles. The highest BCUT2D eigenvalue weighted by molar-refractivity contribution is 6.42. The molecule has 2 aromatic carbocycles. The van der Waals surface area contributed by atoms with Crippen molar-refractivity contribution in [3.63, 3.8) is 0 Å². The Balaban J connectivity index is 1.70. The van der Waals surface area contributed by atoms with Gasteiger partial charge >= 0.3 is 0 Å². The molecule has 0 aromatic heterocycles. The van der Waals surface area contributed by atoms with Crippen LogP contribution < -0.4 is 0 Å². The van der Waals surface area contributed by atoms with Crippen LogP contribution in [-0.2, 0) is 9.59 Å². The molecule has 1 aliphatic heterocycles. The Morgan fingerprint density at radius 1 is 0.871 bits per heavy atom. The zero-order valence-electron chi connectivity index (χ0n) is 16.6. The maximum Gasteiger partial charge on any atom is 0.273 e. The van der Waals surface area contributed by atoms with Gasteiger partial charge in [0.05, 0.1) is 21.9 Å². The van der Waals surface area contributed by atoms with Crippen LogP contribution in [-0.4, -0.2) is 40.1 Å². The Labute approximate surface area is 189 Å². The van der Waals surface area contributed by atoms with Crippen molar-refractivity contribution in [3.8, 4) is 0 Å². The van der Waals surface area contributed by atoms with Crippen LogP contribution in [0.2, 0.25) is 10.0 Å². The second-order valence-corrected chi connectivity index (χ2v) is 8.58. The molecule has 0 unspecified atom stereocenters. The van der Waals surface area contributed by atoms with E-state index in [-0.39, 0.29) is 21.4 Å². The van der Waals surface area contributed by atoms with Crippen molar-refractivity contribution < 1.29 is 19.2 Å². The number of nitrogens with zero attached hydrogens (tertiary/aromatic N) is 2. The Hall–Kier alpha value is -2.70. The quantitative estimate of drug-likeness (QED) is 0.491. The van der Waals surface area contributed by atoms with Gasteiger partial charge in [0.1, 0.15) is 6.54 Å². The van der Waals surface area contributed by atoms with Crippen LogP contribution in [0.25, 0.3) is 0 Å². The summed E-state index contributed by atoms with van der Waals surface area (Å²) in [7, 11) is 0. The molecule has 2 atom stereocenters. The van der Waals surface area contributed by atoms with Crippen LogP contribution in [0.5, 0.6) is 0 Å². The summed E-state index contributed by atoms with van der Waals surface area (Å²) >= 11 is 12.0. The summed E-state index contributed by atoms with van der Waals surface area (Å²) in [6.45, 7) is -0.444. The van der Waals surface area contributed by atoms with Gasteiger partial charge in [0, 0.05) is 11.1 Å². The third kappa shape index (κ3) is 4.10. The molecule has 2 aliphatic rings. The first-order valence-electron chi connectivity index (χ1n) is 10.1. The number of benzene rings is 2. The van der Waals surface area contributed by atoms with E-state index >= 15 is 0 Å². The maximum atomic E-state index is 13.4. The number of amides is 3. The Morgan fingerprint density at radius 3 is 2.06 bits per heavy atom. The maximum absolute atomic E-state index is 13.4. The van der Waals surface area contributed by atoms with Crippen molar-refractivity contribution in [3.05, 3.63) is 69.7 Å². The fourth-order valence-electron chi connectivity index (χ4n) is 4.25. The fraction of sp³-hybridized carbons (Fsp3) is 0.304. The standard InChI is InChI=1S/C23H20Cl2N2O4/c24-18-11-10-15(12-19(18)25)21(29)26(13-20(28)14-6-2-1-3-7-14)27-22(30)16-8-4-5-9-17(16)23(27)31/h1-3,6-7,10-12,16-17H,4-5,8-9,13H2/t16-,17-/m0/s1. The fourth-order valence-corrected chi connectivity index (χ4v) is 4.54. The average molecular weight is 459 g/mol. The van der Waals surface area contributed by atoms with Crippen LogP contribution in [0.3, 0.4) is 0 Å². The van der Waals surface area contributed by atoms with E-state index in [0.717, 1.165) is 22.9 Å². The molecule has 8 heteroatoms. The van der Waals surface area contributed by atoms with E-state index in [9.17, 15) is 19.2 Å². The number of hydrogen-bond donors (Lipinski definition) is 0. The molecule has 0 spiro atoms. The molecule has 0 radical (unpaired) electrons. The lowest BCUT2D eigenvalue weighted by molar-refractivity contribution is -0.154. The minimum Gasteiger partial charge on any atom is -0.292 e. The summed E-state index contributed by atoms with van der Waals surface area (Å²) in [4.78, 5) is 52.5. The zero-order valence-corrected chi connectivity index (χ0v) is 18.1. The predicted molar refractivity (Wildman–Crippen MR) is 116 cm³/mol. The van der Waals surface area contributed by atoms with Crippen molar-refractivity contribution in [2.45, 2.75) is 25.7 Å². The van der Waals surface area contributed by atoms with Crippen molar-refractivity contribution >= 4 is 46.7 Å². The van der Waals surface area contributed by atoms with Crippen molar-refractivity contribution in [2.75, 3.05) is 6.54 Å². The average Bonchev–Trinajstić information content (AvgIpc) is 3.04. The zero-order chi connectivity index (χ0) is 22.1. The molecular weight excluding hydrogens is 439 g/mol. The van der Waals surface area contributed by atoms with Crippen molar-refractivity contribution in [2.24, 2.45) is 11.8 Å². The third-order valence-electron chi connectivity index (χ3n) is 5.85. The Bertz CT molecular complexity index is 1030. The van der Waals surface area contributed by atoms with E-state index in [4.69, 9.17) is 23.2 Å². The smallest absolute Gasteiger partial charge is 0.273 e. The number of hydrazine groups is 1. The normalized spacial score (nSPS) is 20.5. The van der Waals surface area contributed by atoms with Gasteiger partial charge in [-0.3, -0.25) is 19.2 Å². The Kier molecular flexibility index (Phi) is 6.12. The van der Waals surface area contributed by atoms with Crippen molar-refractivity contribution in [1.82, 2.24) is 10.0 Å². The summed E-state index contributed by atoms with van der Waals surface area (Å²) in [6.07, 6.45) is 2.93. The molecule has 0 bridgehead atoms. The molecular formula is C23H20Cl2N2O4. The molecule has 31 heavy (non-hydrogen) atoms. The monoisotopic (exact) mass is 458 g/mol. The highest BCUT2D eigenvalue weighted by Crippen LogP contribution is 2.39. The first-order valence-corrected chi connectivity index (χ1v) is 10.9. The lowest BCUT2D eigenvalue weighted by Crippen LogP contribution is -2.52. The van der Waals surface area contributed by atoms with Crippen LogP contribution in [0.4, 0.5) is 0 Å². The number of ketones is 1. The number of fused-ring (bicyclic) bond motifs is 1. The van der Waals surface area contributed by atoms with Gasteiger partial charge in [-0.15, -0.1) is 0 Å². The number of rotatable bonds is 5. The molecule has 6 nitrogen and oxygen atoms in total. The summed E-state index contributed by atoms with van der Waals surface area (Å²) in [6, 6.07) is 12.7. The summed E-state index contributed by atoms with van der Waals surface area (Å²) in [5.74, 6) is -2.80. The van der Waals surface area contributed by atoms with Gasteiger partial charge in [-0.2, -0.15) is 5.01 Å². The minimum absolute atomic E-state index is 0.130. The number of carbonyl (C=O) groups excluding carboxylic acids is 4. The Morgan fingerprint density at radius 2 is 1.48 bits per heavy atom. The number of imide groups is 1. The summed E-state index contributed by atoms with van der Waals surface area (Å²) in [5, 5.41) is 2.27. The number of hydrogen-bond acceptors (Lipinski definition) is 4. The van der Waals surface area contributed by atoms with Gasteiger partial charge in [-0.1, -0.05) is 66.4 Å². The van der Waals surface area contributed by atoms with Gasteiger partial charge in [-0.05, 0) is 31.0 Å². The van der Waals surface area contributed by atoms with E-state index in [2.05, 4.69) is 0 Å². The molecule has 1 heterocycles. The number of Topliss-reactive ketones (excluding diaryl/α,β-unsaturated/α-hetero) is 1. The highest BCUT2D eigenvalue weighted by atomic mass is 35.5. The van der Waals surface area contributed by atoms with E-state index in [1.54, 1.807) is 30.3 Å². The van der Waals surface area contributed by atoms with Gasteiger partial charge in [0.2, 0.25) is 0 Å². The lowest BCUT2D eigenvalue weighted by atomic mass is 9.81. The van der Waals surface area contributed by atoms with Crippen molar-refractivity contribution in [1.29, 1.82) is 0 Å². The minimum atomic E-state index is -0.664. The number of carbonyl (C=O) groups is 4. The molecule has 3 amide bonds. The van der Waals surface area contributed by atoms with Crippen LogP contribution in [0.1, 0.15) is 46.4 Å². The van der Waals surface area contributed by atoms with Crippen LogP contribution in [0.15, 0.2) is 48.5 Å². The number of halogens is 2. The SMILES string of the molecule is O=C(CN(C(=O)c1ccc(Cl)c(Cl)c1)N1C(=O)[C@H]2CCCC[C@@H]2C1=O)c1ccccc1. The van der Waals surface area contributed by atoms with Crippen LogP contribution >= 0.6 is 23.2 Å². The first kappa shape index (κ1) is 21.5. The molecule has 4 rings (SSSR count). The lowest BCUT2D eigenvalue weighted by Gasteiger charge is -2.30.